The van der Waals surface area contributed by atoms with Crippen molar-refractivity contribution in [2.45, 2.75) is 26.3 Å². The molecular weight excluding hydrogens is 340 g/mol. The number of hydrogen-bond donors (Lipinski definition) is 1. The second-order valence-corrected chi connectivity index (χ2v) is 7.17. The van der Waals surface area contributed by atoms with E-state index in [1.807, 2.05) is 30.3 Å². The van der Waals surface area contributed by atoms with Gasteiger partial charge < -0.3 is 15.0 Å². The number of nitrogens with one attached hydrogen (secondary N) is 1. The first-order valence-corrected chi connectivity index (χ1v) is 9.15. The molecule has 0 aliphatic rings. The molecule has 0 radical (unpaired) electrons. The average Bonchev–Trinajstić information content (AvgIpc) is 2.66. The van der Waals surface area contributed by atoms with E-state index in [1.54, 1.807) is 38.4 Å². The average molecular weight is 368 g/mol. The largest absolute Gasteiger partial charge is 0.484 e. The number of ether oxygens (including phenoxy) is 1. The maximum atomic E-state index is 12.8. The van der Waals surface area contributed by atoms with Gasteiger partial charge in [-0.05, 0) is 36.1 Å². The number of amides is 2. The third-order valence-corrected chi connectivity index (χ3v) is 4.17. The fraction of sp³-hybridized carbons (Fsp3) is 0.364. The van der Waals surface area contributed by atoms with Gasteiger partial charge in [-0.2, -0.15) is 0 Å². The Morgan fingerprint density at radius 3 is 2.37 bits per heavy atom. The van der Waals surface area contributed by atoms with Crippen LogP contribution in [0.25, 0.3) is 0 Å². The molecule has 5 heteroatoms. The molecule has 2 aromatic rings. The lowest BCUT2D eigenvalue weighted by Gasteiger charge is -2.21. The van der Waals surface area contributed by atoms with Gasteiger partial charge in [-0.1, -0.05) is 50.2 Å². The molecule has 0 spiro atoms. The molecule has 0 heterocycles. The van der Waals surface area contributed by atoms with E-state index in [4.69, 9.17) is 4.74 Å². The van der Waals surface area contributed by atoms with Crippen molar-refractivity contribution in [3.05, 3.63) is 65.7 Å². The molecule has 1 atom stereocenters. The van der Waals surface area contributed by atoms with Gasteiger partial charge in [0.25, 0.3) is 11.8 Å². The smallest absolute Gasteiger partial charge is 0.259 e. The highest BCUT2D eigenvalue weighted by molar-refractivity contribution is 5.94. The van der Waals surface area contributed by atoms with Crippen LogP contribution in [0.15, 0.2) is 54.6 Å². The minimum absolute atomic E-state index is 0.0569. The second kappa shape index (κ2) is 9.76. The molecule has 1 unspecified atom stereocenters. The van der Waals surface area contributed by atoms with Crippen molar-refractivity contribution in [1.82, 2.24) is 10.2 Å². The Morgan fingerprint density at radius 2 is 1.74 bits per heavy atom. The first-order chi connectivity index (χ1) is 12.9. The summed E-state index contributed by atoms with van der Waals surface area (Å²) in [4.78, 5) is 25.9. The third-order valence-electron chi connectivity index (χ3n) is 4.17. The van der Waals surface area contributed by atoms with Gasteiger partial charge in [0.1, 0.15) is 5.75 Å². The van der Waals surface area contributed by atoms with Gasteiger partial charge in [0.05, 0.1) is 6.04 Å². The van der Waals surface area contributed by atoms with Crippen molar-refractivity contribution >= 4 is 11.8 Å². The summed E-state index contributed by atoms with van der Waals surface area (Å²) >= 11 is 0. The SMILES string of the molecule is CC(C)CC(NC(=O)c1cccc(OCC(=O)N(C)C)c1)c1ccccc1. The Bertz CT molecular complexity index is 757. The van der Waals surface area contributed by atoms with Gasteiger partial charge in [-0.3, -0.25) is 9.59 Å². The molecule has 0 fully saturated rings. The van der Waals surface area contributed by atoms with Crippen LogP contribution in [0.3, 0.4) is 0 Å². The molecule has 27 heavy (non-hydrogen) atoms. The van der Waals surface area contributed by atoms with E-state index in [0.29, 0.717) is 17.2 Å². The summed E-state index contributed by atoms with van der Waals surface area (Å²) in [6, 6.07) is 16.8. The maximum absolute atomic E-state index is 12.8. The number of nitrogens with zero attached hydrogens (tertiary/aromatic N) is 1. The van der Waals surface area contributed by atoms with Crippen LogP contribution in [0.4, 0.5) is 0 Å². The molecule has 2 amide bonds. The van der Waals surface area contributed by atoms with E-state index >= 15 is 0 Å². The Kier molecular flexibility index (Phi) is 7.41. The van der Waals surface area contributed by atoms with E-state index in [9.17, 15) is 9.59 Å². The molecule has 2 aromatic carbocycles. The molecule has 5 nitrogen and oxygen atoms in total. The molecule has 0 aliphatic carbocycles. The lowest BCUT2D eigenvalue weighted by Crippen LogP contribution is -2.29. The number of carbonyl (C=O) groups is 2. The van der Waals surface area contributed by atoms with E-state index in [0.717, 1.165) is 12.0 Å². The summed E-state index contributed by atoms with van der Waals surface area (Å²) < 4.78 is 5.50. The highest BCUT2D eigenvalue weighted by Crippen LogP contribution is 2.22. The number of carbonyl (C=O) groups excluding carboxylic acids is 2. The van der Waals surface area contributed by atoms with Crippen molar-refractivity contribution in [2.75, 3.05) is 20.7 Å². The zero-order valence-electron chi connectivity index (χ0n) is 16.4. The standard InChI is InChI=1S/C22H28N2O3/c1-16(2)13-20(17-9-6-5-7-10-17)23-22(26)18-11-8-12-19(14-18)27-15-21(25)24(3)4/h5-12,14,16,20H,13,15H2,1-4H3,(H,23,26). The van der Waals surface area contributed by atoms with Crippen LogP contribution in [-0.2, 0) is 4.79 Å². The van der Waals surface area contributed by atoms with Crippen LogP contribution in [0.5, 0.6) is 5.75 Å². The molecule has 0 bridgehead atoms. The van der Waals surface area contributed by atoms with E-state index in [-0.39, 0.29) is 24.5 Å². The summed E-state index contributed by atoms with van der Waals surface area (Å²) in [6.07, 6.45) is 0.850. The molecule has 1 N–H and O–H groups in total. The van der Waals surface area contributed by atoms with Gasteiger partial charge in [0.15, 0.2) is 6.61 Å². The normalized spacial score (nSPS) is 11.7. The van der Waals surface area contributed by atoms with Gasteiger partial charge in [-0.25, -0.2) is 0 Å². The molecule has 0 aromatic heterocycles. The molecule has 144 valence electrons. The highest BCUT2D eigenvalue weighted by Gasteiger charge is 2.17. The van der Waals surface area contributed by atoms with Crippen molar-refractivity contribution < 1.29 is 14.3 Å². The minimum Gasteiger partial charge on any atom is -0.484 e. The topological polar surface area (TPSA) is 58.6 Å². The number of benzene rings is 2. The second-order valence-electron chi connectivity index (χ2n) is 7.17. The first kappa shape index (κ1) is 20.5. The molecular formula is C22H28N2O3. The van der Waals surface area contributed by atoms with Gasteiger partial charge in [0.2, 0.25) is 0 Å². The molecule has 0 saturated heterocycles. The number of hydrogen-bond acceptors (Lipinski definition) is 3. The number of likely N-dealkylation sites (N-methyl/N-ethyl adjacent to an activating group) is 1. The third kappa shape index (κ3) is 6.44. The summed E-state index contributed by atoms with van der Waals surface area (Å²) in [5.41, 5.74) is 1.60. The fourth-order valence-corrected chi connectivity index (χ4v) is 2.68. The quantitative estimate of drug-likeness (QED) is 0.773. The van der Waals surface area contributed by atoms with Crippen LogP contribution in [0, 0.1) is 5.92 Å². The molecule has 2 rings (SSSR count). The van der Waals surface area contributed by atoms with E-state index in [1.165, 1.54) is 4.90 Å². The minimum atomic E-state index is -0.158. The van der Waals surface area contributed by atoms with Crippen molar-refractivity contribution in [3.8, 4) is 5.75 Å². The maximum Gasteiger partial charge on any atom is 0.259 e. The monoisotopic (exact) mass is 368 g/mol. The summed E-state index contributed by atoms with van der Waals surface area (Å²) in [5.74, 6) is 0.653. The Hall–Kier alpha value is -2.82. The lowest BCUT2D eigenvalue weighted by atomic mass is 9.96. The molecule has 0 saturated carbocycles. The highest BCUT2D eigenvalue weighted by atomic mass is 16.5. The van der Waals surface area contributed by atoms with Crippen molar-refractivity contribution in [1.29, 1.82) is 0 Å². The van der Waals surface area contributed by atoms with Crippen molar-refractivity contribution in [2.24, 2.45) is 5.92 Å². The lowest BCUT2D eigenvalue weighted by molar-refractivity contribution is -0.130. The Morgan fingerprint density at radius 1 is 1.04 bits per heavy atom. The van der Waals surface area contributed by atoms with Crippen LogP contribution in [0.2, 0.25) is 0 Å². The molecule has 0 aliphatic heterocycles. The first-order valence-electron chi connectivity index (χ1n) is 9.15. The van der Waals surface area contributed by atoms with Gasteiger partial charge in [-0.15, -0.1) is 0 Å². The predicted octanol–water partition coefficient (Wildman–Crippen LogP) is 3.67. The Balaban J connectivity index is 2.09. The van der Waals surface area contributed by atoms with Crippen LogP contribution >= 0.6 is 0 Å². The van der Waals surface area contributed by atoms with Gasteiger partial charge in [0, 0.05) is 19.7 Å². The van der Waals surface area contributed by atoms with Crippen LogP contribution in [0.1, 0.15) is 42.2 Å². The van der Waals surface area contributed by atoms with Crippen LogP contribution in [-0.4, -0.2) is 37.4 Å². The summed E-state index contributed by atoms with van der Waals surface area (Å²) in [5, 5.41) is 3.12. The number of rotatable bonds is 8. The zero-order valence-corrected chi connectivity index (χ0v) is 16.4. The Labute approximate surface area is 161 Å². The van der Waals surface area contributed by atoms with E-state index < -0.39 is 0 Å². The summed E-state index contributed by atoms with van der Waals surface area (Å²) in [7, 11) is 3.35. The van der Waals surface area contributed by atoms with Gasteiger partial charge >= 0.3 is 0 Å². The van der Waals surface area contributed by atoms with E-state index in [2.05, 4.69) is 19.2 Å². The zero-order chi connectivity index (χ0) is 19.8. The predicted molar refractivity (Wildman–Crippen MR) is 107 cm³/mol. The van der Waals surface area contributed by atoms with Crippen molar-refractivity contribution in [3.63, 3.8) is 0 Å². The fourth-order valence-electron chi connectivity index (χ4n) is 2.68. The summed E-state index contributed by atoms with van der Waals surface area (Å²) in [6.45, 7) is 4.22. The van der Waals surface area contributed by atoms with Crippen LogP contribution < -0.4 is 10.1 Å².